The summed E-state index contributed by atoms with van der Waals surface area (Å²) in [6.07, 6.45) is 4.81. The van der Waals surface area contributed by atoms with Gasteiger partial charge in [-0.05, 0) is 26.2 Å². The molecule has 0 saturated heterocycles. The van der Waals surface area contributed by atoms with Crippen molar-refractivity contribution in [3.63, 3.8) is 0 Å². The van der Waals surface area contributed by atoms with Gasteiger partial charge in [-0.2, -0.15) is 4.36 Å². The van der Waals surface area contributed by atoms with Crippen LogP contribution < -0.4 is 0 Å². The second-order valence-electron chi connectivity index (χ2n) is 3.64. The van der Waals surface area contributed by atoms with Crippen molar-refractivity contribution < 1.29 is 4.79 Å². The molecule has 3 heteroatoms. The van der Waals surface area contributed by atoms with Crippen LogP contribution in [-0.2, 0) is 15.5 Å². The van der Waals surface area contributed by atoms with Gasteiger partial charge in [0.15, 0.2) is 0 Å². The molecule has 0 spiro atoms. The molecule has 0 aliphatic carbocycles. The van der Waals surface area contributed by atoms with Gasteiger partial charge in [0.25, 0.3) is 5.91 Å². The Hall–Kier alpha value is -0.440. The lowest BCUT2D eigenvalue weighted by Crippen LogP contribution is -2.04. The van der Waals surface area contributed by atoms with Crippen LogP contribution in [0.1, 0.15) is 47.0 Å². The molecule has 88 valence electrons. The normalized spacial score (nSPS) is 11.9. The Morgan fingerprint density at radius 2 is 1.73 bits per heavy atom. The first-order chi connectivity index (χ1) is 7.13. The maximum absolute atomic E-state index is 11.5. The Kier molecular flexibility index (Phi) is 8.58. The fraction of sp³-hybridized carbons (Fsp3) is 0.750. The number of carbonyl (C=O) groups excluding carboxylic acids is 1. The summed E-state index contributed by atoms with van der Waals surface area (Å²) in [6, 6.07) is 0. The summed E-state index contributed by atoms with van der Waals surface area (Å²) in [5.74, 6) is 2.07. The van der Waals surface area contributed by atoms with Crippen molar-refractivity contribution in [2.75, 3.05) is 11.5 Å². The van der Waals surface area contributed by atoms with Crippen molar-refractivity contribution in [1.29, 1.82) is 0 Å². The molecule has 0 saturated carbocycles. The number of hydrogen-bond acceptors (Lipinski definition) is 1. The van der Waals surface area contributed by atoms with Crippen LogP contribution in [0, 0.1) is 0 Å². The molecule has 0 atom stereocenters. The van der Waals surface area contributed by atoms with Crippen molar-refractivity contribution in [3.05, 3.63) is 11.6 Å². The zero-order chi connectivity index (χ0) is 11.7. The third kappa shape index (κ3) is 7.48. The minimum atomic E-state index is -0.0421. The molecular formula is C12H23NOS. The zero-order valence-electron chi connectivity index (χ0n) is 10.4. The topological polar surface area (TPSA) is 29.4 Å². The van der Waals surface area contributed by atoms with E-state index in [-0.39, 0.29) is 16.6 Å². The second kappa shape index (κ2) is 8.84. The van der Waals surface area contributed by atoms with E-state index in [4.69, 9.17) is 0 Å². The molecule has 0 heterocycles. The van der Waals surface area contributed by atoms with Gasteiger partial charge in [-0.15, -0.1) is 0 Å². The van der Waals surface area contributed by atoms with Gasteiger partial charge in [-0.1, -0.05) is 37.0 Å². The van der Waals surface area contributed by atoms with Crippen molar-refractivity contribution in [2.45, 2.75) is 47.0 Å². The van der Waals surface area contributed by atoms with Crippen molar-refractivity contribution in [1.82, 2.24) is 0 Å². The van der Waals surface area contributed by atoms with E-state index < -0.39 is 0 Å². The Labute approximate surface area is 96.3 Å². The largest absolute Gasteiger partial charge is 0.275 e. The fourth-order valence-electron chi connectivity index (χ4n) is 1.13. The Morgan fingerprint density at radius 3 is 2.13 bits per heavy atom. The Balaban J connectivity index is 4.45. The molecule has 0 N–H and O–H groups in total. The minimum Gasteiger partial charge on any atom is -0.267 e. The standard InChI is InChI=1S/C12H23NOS/c1-5-8-15(9-6-2)13-12(14)10-11(4)7-3/h10H,5-9H2,1-4H3. The van der Waals surface area contributed by atoms with Gasteiger partial charge in [0.1, 0.15) is 0 Å². The smallest absolute Gasteiger partial charge is 0.267 e. The molecule has 0 aromatic carbocycles. The second-order valence-corrected chi connectivity index (χ2v) is 5.57. The maximum Gasteiger partial charge on any atom is 0.275 e. The van der Waals surface area contributed by atoms with Crippen LogP contribution in [0.25, 0.3) is 0 Å². The molecule has 0 aromatic heterocycles. The van der Waals surface area contributed by atoms with Crippen LogP contribution in [-0.4, -0.2) is 17.4 Å². The first-order valence-corrected chi connectivity index (χ1v) is 7.26. The van der Waals surface area contributed by atoms with E-state index in [1.54, 1.807) is 6.08 Å². The van der Waals surface area contributed by atoms with Gasteiger partial charge >= 0.3 is 0 Å². The van der Waals surface area contributed by atoms with Crippen LogP contribution in [0.4, 0.5) is 0 Å². The van der Waals surface area contributed by atoms with E-state index in [1.165, 1.54) is 0 Å². The van der Waals surface area contributed by atoms with Gasteiger partial charge in [0.05, 0.1) is 0 Å². The summed E-state index contributed by atoms with van der Waals surface area (Å²) in [5.41, 5.74) is 1.11. The lowest BCUT2D eigenvalue weighted by molar-refractivity contribution is -0.113. The third-order valence-electron chi connectivity index (χ3n) is 2.03. The molecule has 1 amide bonds. The van der Waals surface area contributed by atoms with E-state index >= 15 is 0 Å². The number of amides is 1. The van der Waals surface area contributed by atoms with E-state index in [0.29, 0.717) is 0 Å². The minimum absolute atomic E-state index is 0.0421. The quantitative estimate of drug-likeness (QED) is 0.641. The average Bonchev–Trinajstić information content (AvgIpc) is 2.18. The lowest BCUT2D eigenvalue weighted by Gasteiger charge is -2.03. The third-order valence-corrected chi connectivity index (χ3v) is 4.22. The SMILES string of the molecule is CCCS(CCC)=NC(=O)C=C(C)CC. The monoisotopic (exact) mass is 229 g/mol. The number of rotatable bonds is 6. The van der Waals surface area contributed by atoms with Gasteiger partial charge in [-0.25, -0.2) is 0 Å². The molecule has 0 unspecified atom stereocenters. The molecule has 0 aliphatic heterocycles. The van der Waals surface area contributed by atoms with Crippen LogP contribution in [0.3, 0.4) is 0 Å². The lowest BCUT2D eigenvalue weighted by atomic mass is 10.2. The predicted molar refractivity (Wildman–Crippen MR) is 69.2 cm³/mol. The highest BCUT2D eigenvalue weighted by Crippen LogP contribution is 2.01. The predicted octanol–water partition coefficient (Wildman–Crippen LogP) is 3.49. The van der Waals surface area contributed by atoms with Gasteiger partial charge in [0, 0.05) is 17.6 Å². The van der Waals surface area contributed by atoms with Crippen LogP contribution >= 0.6 is 0 Å². The van der Waals surface area contributed by atoms with Gasteiger partial charge < -0.3 is 0 Å². The maximum atomic E-state index is 11.5. The number of nitrogens with zero attached hydrogens (tertiary/aromatic N) is 1. The van der Waals surface area contributed by atoms with Gasteiger partial charge in [-0.3, -0.25) is 4.79 Å². The molecule has 0 fully saturated rings. The zero-order valence-corrected chi connectivity index (χ0v) is 11.2. The summed E-state index contributed by atoms with van der Waals surface area (Å²) in [7, 11) is -0.0421. The summed E-state index contributed by atoms with van der Waals surface area (Å²) in [4.78, 5) is 11.5. The van der Waals surface area contributed by atoms with Crippen LogP contribution in [0.2, 0.25) is 0 Å². The highest BCUT2D eigenvalue weighted by Gasteiger charge is 1.99. The molecular weight excluding hydrogens is 206 g/mol. The summed E-state index contributed by atoms with van der Waals surface area (Å²) in [5, 5.41) is 0. The van der Waals surface area contributed by atoms with E-state index in [1.807, 2.05) is 6.92 Å². The van der Waals surface area contributed by atoms with E-state index in [2.05, 4.69) is 25.1 Å². The summed E-state index contributed by atoms with van der Waals surface area (Å²) in [6.45, 7) is 8.31. The molecule has 0 rings (SSSR count). The number of carbonyl (C=O) groups is 1. The molecule has 0 aliphatic rings. The van der Waals surface area contributed by atoms with E-state index in [0.717, 1.165) is 36.3 Å². The van der Waals surface area contributed by atoms with E-state index in [9.17, 15) is 4.79 Å². The molecule has 2 nitrogen and oxygen atoms in total. The van der Waals surface area contributed by atoms with Crippen molar-refractivity contribution >= 4 is 16.6 Å². The van der Waals surface area contributed by atoms with Crippen molar-refractivity contribution in [3.8, 4) is 0 Å². The number of allylic oxidation sites excluding steroid dienone is 1. The first-order valence-electron chi connectivity index (χ1n) is 5.74. The summed E-state index contributed by atoms with van der Waals surface area (Å²) < 4.78 is 4.26. The summed E-state index contributed by atoms with van der Waals surface area (Å²) >= 11 is 0. The van der Waals surface area contributed by atoms with Crippen molar-refractivity contribution in [2.24, 2.45) is 4.36 Å². The van der Waals surface area contributed by atoms with Crippen LogP contribution in [0.5, 0.6) is 0 Å². The van der Waals surface area contributed by atoms with Crippen LogP contribution in [0.15, 0.2) is 16.0 Å². The Morgan fingerprint density at radius 1 is 1.20 bits per heavy atom. The number of hydrogen-bond donors (Lipinski definition) is 0. The molecule has 0 aromatic rings. The molecule has 0 radical (unpaired) electrons. The molecule has 0 bridgehead atoms. The average molecular weight is 229 g/mol. The highest BCUT2D eigenvalue weighted by atomic mass is 32.2. The first kappa shape index (κ1) is 14.6. The molecule has 15 heavy (non-hydrogen) atoms. The Bertz CT molecular complexity index is 248. The highest BCUT2D eigenvalue weighted by molar-refractivity contribution is 7.87. The van der Waals surface area contributed by atoms with Gasteiger partial charge in [0.2, 0.25) is 0 Å². The fourth-order valence-corrected chi connectivity index (χ4v) is 2.77.